The molecule has 5 unspecified atom stereocenters. The molecule has 0 saturated heterocycles. The molecular weight excluding hydrogens is 374 g/mol. The van der Waals surface area contributed by atoms with Gasteiger partial charge in [0.05, 0.1) is 17.2 Å². The van der Waals surface area contributed by atoms with E-state index in [1.807, 2.05) is 0 Å². The lowest BCUT2D eigenvalue weighted by Crippen LogP contribution is -2.59. The van der Waals surface area contributed by atoms with Crippen molar-refractivity contribution in [1.82, 2.24) is 0 Å². The van der Waals surface area contributed by atoms with E-state index in [-0.39, 0.29) is 22.2 Å². The van der Waals surface area contributed by atoms with Gasteiger partial charge in [0.1, 0.15) is 11.9 Å². The number of nitrogens with zero attached hydrogens (tertiary/aromatic N) is 1. The van der Waals surface area contributed by atoms with Crippen molar-refractivity contribution in [2.24, 2.45) is 45.8 Å². The third kappa shape index (κ3) is 2.57. The third-order valence-corrected chi connectivity index (χ3v) is 10.5. The molecule has 0 aromatic carbocycles. The lowest BCUT2D eigenvalue weighted by molar-refractivity contribution is -0.160. The number of aliphatic hydroxyl groups excluding tert-OH is 1. The van der Waals surface area contributed by atoms with E-state index in [4.69, 9.17) is 9.84 Å². The lowest BCUT2D eigenvalue weighted by Gasteiger charge is -2.62. The summed E-state index contributed by atoms with van der Waals surface area (Å²) in [5, 5.41) is 17.3. The fraction of sp³-hybridized carbons (Fsp3) is 0.846. The van der Waals surface area contributed by atoms with Crippen molar-refractivity contribution in [2.45, 2.75) is 84.7 Å². The second kappa shape index (κ2) is 7.37. The summed E-state index contributed by atoms with van der Waals surface area (Å²) in [5.74, 6) is 3.83. The van der Waals surface area contributed by atoms with Gasteiger partial charge >= 0.3 is 0 Å². The van der Waals surface area contributed by atoms with Gasteiger partial charge in [0.15, 0.2) is 0 Å². The van der Waals surface area contributed by atoms with E-state index in [0.717, 1.165) is 45.0 Å². The summed E-state index contributed by atoms with van der Waals surface area (Å²) in [6.07, 6.45) is 9.53. The van der Waals surface area contributed by atoms with Crippen molar-refractivity contribution in [2.75, 3.05) is 7.11 Å². The van der Waals surface area contributed by atoms with Crippen LogP contribution in [0.4, 0.5) is 0 Å². The number of rotatable bonds is 3. The molecule has 9 atom stereocenters. The summed E-state index contributed by atoms with van der Waals surface area (Å²) in [6, 6.07) is 2.77. The van der Waals surface area contributed by atoms with Crippen LogP contribution in [0.3, 0.4) is 0 Å². The molecule has 30 heavy (non-hydrogen) atoms. The Kier molecular flexibility index (Phi) is 5.37. The smallest absolute Gasteiger partial charge is 0.137 e. The van der Waals surface area contributed by atoms with E-state index in [2.05, 4.69) is 33.4 Å². The van der Waals surface area contributed by atoms with E-state index in [0.29, 0.717) is 42.0 Å². The van der Waals surface area contributed by atoms with Gasteiger partial charge in [-0.25, -0.2) is 0 Å². The van der Waals surface area contributed by atoms with Gasteiger partial charge in [-0.1, -0.05) is 27.4 Å². The van der Waals surface area contributed by atoms with E-state index in [9.17, 15) is 10.1 Å². The van der Waals surface area contributed by atoms with Crippen LogP contribution in [0.1, 0.15) is 78.6 Å². The van der Waals surface area contributed by atoms with E-state index >= 15 is 0 Å². The number of carbonyl (C=O) groups is 1. The van der Waals surface area contributed by atoms with Gasteiger partial charge in [-0.3, -0.25) is 4.79 Å². The Morgan fingerprint density at radius 2 is 1.97 bits per heavy atom. The van der Waals surface area contributed by atoms with Crippen LogP contribution in [-0.2, 0) is 9.53 Å². The average molecular weight is 414 g/mol. The summed E-state index contributed by atoms with van der Waals surface area (Å²) in [4.78, 5) is 12.8. The molecule has 5 rings (SSSR count). The number of allylic oxidation sites excluding steroid dienone is 1. The average Bonchev–Trinajstić information content (AvgIpc) is 3.30. The number of Topliss-reactive ketones (excluding diaryl/α,β-unsaturated/α-hetero) is 1. The van der Waals surface area contributed by atoms with Crippen molar-refractivity contribution < 1.29 is 14.6 Å². The summed E-state index contributed by atoms with van der Waals surface area (Å²) in [7, 11) is 1.00. The highest BCUT2D eigenvalue weighted by Gasteiger charge is 2.73. The molecule has 1 N–H and O–H groups in total. The quantitative estimate of drug-likeness (QED) is 0.640. The molecule has 0 radical (unpaired) electrons. The van der Waals surface area contributed by atoms with E-state index in [1.54, 1.807) is 0 Å². The molecule has 0 aromatic heterocycles. The van der Waals surface area contributed by atoms with Crippen molar-refractivity contribution in [3.8, 4) is 6.07 Å². The normalized spacial score (nSPS) is 50.5. The molecule has 5 fully saturated rings. The van der Waals surface area contributed by atoms with Crippen LogP contribution < -0.4 is 0 Å². The second-order valence-corrected chi connectivity index (χ2v) is 11.1. The molecule has 4 heteroatoms. The van der Waals surface area contributed by atoms with Gasteiger partial charge in [0.2, 0.25) is 0 Å². The predicted octanol–water partition coefficient (Wildman–Crippen LogP) is 5.27. The van der Waals surface area contributed by atoms with Crippen LogP contribution >= 0.6 is 0 Å². The first-order chi connectivity index (χ1) is 14.3. The van der Waals surface area contributed by atoms with E-state index < -0.39 is 0 Å². The maximum absolute atomic E-state index is 12.8. The number of fused-ring (bicyclic) bond motifs is 6. The summed E-state index contributed by atoms with van der Waals surface area (Å²) < 4.78 is 6.36. The molecular formula is C26H39NO3. The first-order valence-electron chi connectivity index (χ1n) is 12.0. The van der Waals surface area contributed by atoms with Crippen LogP contribution in [0.15, 0.2) is 12.3 Å². The molecule has 4 nitrogen and oxygen atoms in total. The number of nitriles is 1. The summed E-state index contributed by atoms with van der Waals surface area (Å²) in [5.41, 5.74) is -0.138. The largest absolute Gasteiger partial charge is 0.495 e. The van der Waals surface area contributed by atoms with Crippen molar-refractivity contribution in [3.05, 3.63) is 12.3 Å². The first-order valence-corrected chi connectivity index (χ1v) is 12.0. The standard InChI is InChI=1S/C25H35NO2.CH4O/c1-5-15(2)28-21-7-6-17-22-16-12-19-20(27)9-11-24(4,25(19,13-16)14-26)18(22)8-10-23(17,21)3;1-2/h16-19,21-22H,2,5-13H2,1,3-4H3;2H,1H3/t16-,17?,18?,19-,21+,22?,23?,24?,25+;/m1./s1. The van der Waals surface area contributed by atoms with Crippen LogP contribution in [-0.4, -0.2) is 24.1 Å². The van der Waals surface area contributed by atoms with Crippen LogP contribution in [0, 0.1) is 57.2 Å². The Balaban J connectivity index is 0.00000106. The highest BCUT2D eigenvalue weighted by Crippen LogP contribution is 2.76. The minimum atomic E-state index is -0.382. The fourth-order valence-corrected chi connectivity index (χ4v) is 9.05. The summed E-state index contributed by atoms with van der Waals surface area (Å²) in [6.45, 7) is 11.1. The lowest BCUT2D eigenvalue weighted by atomic mass is 9.40. The Morgan fingerprint density at radius 3 is 2.63 bits per heavy atom. The fourth-order valence-electron chi connectivity index (χ4n) is 9.05. The Hall–Kier alpha value is -1.34. The number of carbonyl (C=O) groups excluding carboxylic acids is 1. The molecule has 166 valence electrons. The van der Waals surface area contributed by atoms with Gasteiger partial charge in [-0.05, 0) is 74.0 Å². The van der Waals surface area contributed by atoms with Gasteiger partial charge in [-0.15, -0.1) is 0 Å². The van der Waals surface area contributed by atoms with Crippen LogP contribution in [0.25, 0.3) is 0 Å². The number of hydrogen-bond donors (Lipinski definition) is 1. The summed E-state index contributed by atoms with van der Waals surface area (Å²) >= 11 is 0. The highest BCUT2D eigenvalue weighted by molar-refractivity contribution is 5.84. The molecule has 0 spiro atoms. The molecule has 0 aromatic rings. The highest BCUT2D eigenvalue weighted by atomic mass is 16.5. The van der Waals surface area contributed by atoms with Crippen LogP contribution in [0.5, 0.6) is 0 Å². The molecule has 5 saturated carbocycles. The topological polar surface area (TPSA) is 70.3 Å². The SMILES string of the molecule is C=C(CC)O[C@H]1CCC2C3C(CCC21C)C1(C)CCC(=O)[C@H]2C[C@@H]3C[C@]21C#N.CO. The number of ether oxygens (including phenoxy) is 1. The predicted molar refractivity (Wildman–Crippen MR) is 116 cm³/mol. The minimum Gasteiger partial charge on any atom is -0.495 e. The second-order valence-electron chi connectivity index (χ2n) is 11.1. The van der Waals surface area contributed by atoms with Gasteiger partial charge in [-0.2, -0.15) is 5.26 Å². The van der Waals surface area contributed by atoms with Crippen LogP contribution in [0.2, 0.25) is 0 Å². The Bertz CT molecular complexity index is 771. The number of aliphatic hydroxyl groups is 1. The molecule has 5 aliphatic carbocycles. The zero-order valence-corrected chi connectivity index (χ0v) is 19.2. The van der Waals surface area contributed by atoms with Gasteiger partial charge < -0.3 is 9.84 Å². The molecule has 2 bridgehead atoms. The first kappa shape index (κ1) is 21.9. The zero-order chi connectivity index (χ0) is 21.9. The number of ketones is 1. The Morgan fingerprint density at radius 1 is 1.23 bits per heavy atom. The number of hydrogen-bond acceptors (Lipinski definition) is 4. The van der Waals surface area contributed by atoms with Crippen molar-refractivity contribution in [1.29, 1.82) is 5.26 Å². The maximum atomic E-state index is 12.8. The molecule has 5 aliphatic rings. The van der Waals surface area contributed by atoms with Crippen molar-refractivity contribution >= 4 is 5.78 Å². The monoisotopic (exact) mass is 413 g/mol. The van der Waals surface area contributed by atoms with Gasteiger partial charge in [0.25, 0.3) is 0 Å². The van der Waals surface area contributed by atoms with E-state index in [1.165, 1.54) is 19.3 Å². The molecule has 0 heterocycles. The Labute approximate surface area is 182 Å². The molecule has 0 aliphatic heterocycles. The van der Waals surface area contributed by atoms with Crippen molar-refractivity contribution in [3.63, 3.8) is 0 Å². The zero-order valence-electron chi connectivity index (χ0n) is 19.2. The minimum absolute atomic E-state index is 0.00595. The third-order valence-electron chi connectivity index (χ3n) is 10.5. The molecule has 0 amide bonds. The maximum Gasteiger partial charge on any atom is 0.137 e. The van der Waals surface area contributed by atoms with Gasteiger partial charge in [0, 0.05) is 31.3 Å².